The molecule has 1 aliphatic heterocycles. The Balaban J connectivity index is 2.12. The van der Waals surface area contributed by atoms with Gasteiger partial charge in [-0.3, -0.25) is 4.79 Å². The van der Waals surface area contributed by atoms with E-state index in [0.717, 1.165) is 0 Å². The molecule has 94 valence electrons. The first-order valence-corrected chi connectivity index (χ1v) is 6.12. The first kappa shape index (κ1) is 12.5. The van der Waals surface area contributed by atoms with Crippen molar-refractivity contribution < 1.29 is 13.9 Å². The third-order valence-electron chi connectivity index (χ3n) is 2.67. The molecule has 0 aliphatic carbocycles. The minimum absolute atomic E-state index is 0.110. The number of amides is 1. The Kier molecular flexibility index (Phi) is 3.45. The standard InChI is InChI=1S/C12H16ClNO3/c1-12(2)8-14(7-9(6-13)17-12)11(15)10-4-3-5-16-10/h3-5,9H,6-8H2,1-2H3. The Morgan fingerprint density at radius 2 is 2.41 bits per heavy atom. The smallest absolute Gasteiger partial charge is 0.289 e. The van der Waals surface area contributed by atoms with Crippen molar-refractivity contribution in [1.29, 1.82) is 0 Å². The fraction of sp³-hybridized carbons (Fsp3) is 0.583. The van der Waals surface area contributed by atoms with Gasteiger partial charge in [0.1, 0.15) is 0 Å². The number of morpholine rings is 1. The monoisotopic (exact) mass is 257 g/mol. The molecular weight excluding hydrogens is 242 g/mol. The highest BCUT2D eigenvalue weighted by Gasteiger charge is 2.36. The van der Waals surface area contributed by atoms with Crippen molar-refractivity contribution in [3.05, 3.63) is 24.2 Å². The summed E-state index contributed by atoms with van der Waals surface area (Å²) in [5, 5.41) is 0. The fourth-order valence-electron chi connectivity index (χ4n) is 2.09. The van der Waals surface area contributed by atoms with Gasteiger partial charge in [-0.1, -0.05) is 0 Å². The number of hydrogen-bond acceptors (Lipinski definition) is 3. The van der Waals surface area contributed by atoms with Crippen molar-refractivity contribution in [3.63, 3.8) is 0 Å². The molecule has 1 aromatic rings. The van der Waals surface area contributed by atoms with E-state index in [9.17, 15) is 4.79 Å². The van der Waals surface area contributed by atoms with E-state index in [1.807, 2.05) is 13.8 Å². The summed E-state index contributed by atoms with van der Waals surface area (Å²) in [4.78, 5) is 13.9. The summed E-state index contributed by atoms with van der Waals surface area (Å²) < 4.78 is 10.9. The van der Waals surface area contributed by atoms with Crippen LogP contribution in [0, 0.1) is 0 Å². The SMILES string of the molecule is CC1(C)CN(C(=O)c2ccco2)CC(CCl)O1. The van der Waals surface area contributed by atoms with Crippen LogP contribution < -0.4 is 0 Å². The van der Waals surface area contributed by atoms with Crippen molar-refractivity contribution in [1.82, 2.24) is 4.90 Å². The van der Waals surface area contributed by atoms with Crippen LogP contribution in [0.5, 0.6) is 0 Å². The fourth-order valence-corrected chi connectivity index (χ4v) is 2.25. The molecular formula is C12H16ClNO3. The third kappa shape index (κ3) is 2.82. The number of ether oxygens (including phenoxy) is 1. The quantitative estimate of drug-likeness (QED) is 0.763. The highest BCUT2D eigenvalue weighted by atomic mass is 35.5. The number of rotatable bonds is 2. The lowest BCUT2D eigenvalue weighted by Gasteiger charge is -2.41. The first-order valence-electron chi connectivity index (χ1n) is 5.58. The van der Waals surface area contributed by atoms with Gasteiger partial charge in [-0.05, 0) is 26.0 Å². The summed E-state index contributed by atoms with van der Waals surface area (Å²) in [5.74, 6) is 0.628. The largest absolute Gasteiger partial charge is 0.459 e. The number of furan rings is 1. The first-order chi connectivity index (χ1) is 8.02. The van der Waals surface area contributed by atoms with Crippen LogP contribution >= 0.6 is 11.6 Å². The number of alkyl halides is 1. The summed E-state index contributed by atoms with van der Waals surface area (Å²) >= 11 is 5.82. The number of nitrogens with zero attached hydrogens (tertiary/aromatic N) is 1. The Labute approximate surface area is 105 Å². The number of carbonyl (C=O) groups excluding carboxylic acids is 1. The lowest BCUT2D eigenvalue weighted by atomic mass is 10.1. The van der Waals surface area contributed by atoms with E-state index in [1.165, 1.54) is 6.26 Å². The lowest BCUT2D eigenvalue weighted by Crippen LogP contribution is -2.55. The molecule has 1 fully saturated rings. The maximum Gasteiger partial charge on any atom is 0.289 e. The molecule has 0 bridgehead atoms. The van der Waals surface area contributed by atoms with Crippen LogP contribution in [0.15, 0.2) is 22.8 Å². The number of halogens is 1. The molecule has 1 amide bonds. The van der Waals surface area contributed by atoms with Gasteiger partial charge in [-0.2, -0.15) is 0 Å². The van der Waals surface area contributed by atoms with E-state index in [1.54, 1.807) is 17.0 Å². The molecule has 17 heavy (non-hydrogen) atoms. The molecule has 1 saturated heterocycles. The maximum absolute atomic E-state index is 12.1. The van der Waals surface area contributed by atoms with Gasteiger partial charge in [-0.25, -0.2) is 0 Å². The van der Waals surface area contributed by atoms with Crippen molar-refractivity contribution in [2.45, 2.75) is 25.6 Å². The second-order valence-corrected chi connectivity index (χ2v) is 5.13. The van der Waals surface area contributed by atoms with Crippen LogP contribution in [-0.4, -0.2) is 41.5 Å². The Morgan fingerprint density at radius 1 is 1.65 bits per heavy atom. The predicted molar refractivity (Wildman–Crippen MR) is 64.3 cm³/mol. The van der Waals surface area contributed by atoms with Gasteiger partial charge in [0.05, 0.1) is 23.8 Å². The molecule has 1 aromatic heterocycles. The minimum atomic E-state index is -0.375. The Bertz CT molecular complexity index is 388. The summed E-state index contributed by atoms with van der Waals surface area (Å²) in [6.45, 7) is 4.95. The zero-order valence-corrected chi connectivity index (χ0v) is 10.7. The topological polar surface area (TPSA) is 42.7 Å². The van der Waals surface area contributed by atoms with E-state index >= 15 is 0 Å². The molecule has 4 nitrogen and oxygen atoms in total. The second-order valence-electron chi connectivity index (χ2n) is 4.82. The zero-order valence-electron chi connectivity index (χ0n) is 9.98. The van der Waals surface area contributed by atoms with Crippen LogP contribution in [0.2, 0.25) is 0 Å². The summed E-state index contributed by atoms with van der Waals surface area (Å²) in [6.07, 6.45) is 1.37. The lowest BCUT2D eigenvalue weighted by molar-refractivity contribution is -0.117. The molecule has 0 aromatic carbocycles. The molecule has 0 saturated carbocycles. The maximum atomic E-state index is 12.1. The van der Waals surface area contributed by atoms with E-state index in [0.29, 0.717) is 24.7 Å². The molecule has 1 unspecified atom stereocenters. The molecule has 5 heteroatoms. The van der Waals surface area contributed by atoms with Crippen LogP contribution in [0.1, 0.15) is 24.4 Å². The zero-order chi connectivity index (χ0) is 12.5. The van der Waals surface area contributed by atoms with Gasteiger partial charge in [0.15, 0.2) is 5.76 Å². The predicted octanol–water partition coefficient (Wildman–Crippen LogP) is 2.14. The Morgan fingerprint density at radius 3 is 3.00 bits per heavy atom. The van der Waals surface area contributed by atoms with Crippen molar-refractivity contribution in [2.24, 2.45) is 0 Å². The highest BCUT2D eigenvalue weighted by Crippen LogP contribution is 2.23. The second kappa shape index (κ2) is 4.70. The van der Waals surface area contributed by atoms with Gasteiger partial charge in [-0.15, -0.1) is 11.6 Å². The van der Waals surface area contributed by atoms with Gasteiger partial charge >= 0.3 is 0 Å². The summed E-state index contributed by atoms with van der Waals surface area (Å²) in [6, 6.07) is 3.37. The Hall–Kier alpha value is -1.00. The van der Waals surface area contributed by atoms with Crippen LogP contribution in [0.3, 0.4) is 0 Å². The molecule has 0 spiro atoms. The van der Waals surface area contributed by atoms with Crippen LogP contribution in [-0.2, 0) is 4.74 Å². The van der Waals surface area contributed by atoms with E-state index < -0.39 is 0 Å². The van der Waals surface area contributed by atoms with Gasteiger partial charge in [0.25, 0.3) is 5.91 Å². The van der Waals surface area contributed by atoms with Gasteiger partial charge in [0.2, 0.25) is 0 Å². The molecule has 2 heterocycles. The number of hydrogen-bond donors (Lipinski definition) is 0. The van der Waals surface area contributed by atoms with Gasteiger partial charge in [0, 0.05) is 13.1 Å². The molecule has 1 atom stereocenters. The van der Waals surface area contributed by atoms with Gasteiger partial charge < -0.3 is 14.1 Å². The average Bonchev–Trinajstić information content (AvgIpc) is 2.79. The third-order valence-corrected chi connectivity index (χ3v) is 3.02. The van der Waals surface area contributed by atoms with Crippen molar-refractivity contribution in [3.8, 4) is 0 Å². The molecule has 0 radical (unpaired) electrons. The highest BCUT2D eigenvalue weighted by molar-refractivity contribution is 6.18. The number of carbonyl (C=O) groups is 1. The summed E-state index contributed by atoms with van der Waals surface area (Å²) in [7, 11) is 0. The van der Waals surface area contributed by atoms with Crippen molar-refractivity contribution in [2.75, 3.05) is 19.0 Å². The minimum Gasteiger partial charge on any atom is -0.459 e. The molecule has 0 N–H and O–H groups in total. The normalized spacial score (nSPS) is 23.7. The van der Waals surface area contributed by atoms with E-state index in [-0.39, 0.29) is 17.6 Å². The van der Waals surface area contributed by atoms with E-state index in [4.69, 9.17) is 20.8 Å². The van der Waals surface area contributed by atoms with Crippen molar-refractivity contribution >= 4 is 17.5 Å². The molecule has 1 aliphatic rings. The van der Waals surface area contributed by atoms with E-state index in [2.05, 4.69) is 0 Å². The summed E-state index contributed by atoms with van der Waals surface area (Å²) in [5.41, 5.74) is -0.375. The van der Waals surface area contributed by atoms with Crippen LogP contribution in [0.25, 0.3) is 0 Å². The molecule has 2 rings (SSSR count). The van der Waals surface area contributed by atoms with Crippen LogP contribution in [0.4, 0.5) is 0 Å². The average molecular weight is 258 g/mol.